The zero-order valence-electron chi connectivity index (χ0n) is 15.1. The summed E-state index contributed by atoms with van der Waals surface area (Å²) in [4.78, 5) is 19.5. The number of carbonyl (C=O) groups is 1. The average molecular weight is 379 g/mol. The Kier molecular flexibility index (Phi) is 6.04. The molecule has 2 aromatic rings. The Morgan fingerprint density at radius 1 is 1.22 bits per heavy atom. The summed E-state index contributed by atoms with van der Waals surface area (Å²) in [5, 5.41) is 8.37. The second kappa shape index (κ2) is 8.07. The third-order valence-corrected chi connectivity index (χ3v) is 3.78. The van der Waals surface area contributed by atoms with Gasteiger partial charge in [0.05, 0.1) is 17.2 Å². The van der Waals surface area contributed by atoms with E-state index >= 15 is 0 Å². The fraction of sp³-hybridized carbons (Fsp3) is 0.278. The number of hydrogen-bond donors (Lipinski definition) is 3. The first-order chi connectivity index (χ1) is 12.7. The SMILES string of the molecule is C=Cc1c(NC)ncnc1N[C@H](C)c1cc(NC(C)=O)cc(C(F)(F)F)c1. The smallest absolute Gasteiger partial charge is 0.372 e. The van der Waals surface area contributed by atoms with Crippen LogP contribution in [0.4, 0.5) is 30.5 Å². The number of carbonyl (C=O) groups excluding carboxylic acids is 1. The molecule has 1 aromatic carbocycles. The number of hydrogen-bond acceptors (Lipinski definition) is 5. The Labute approximate surface area is 154 Å². The van der Waals surface area contributed by atoms with E-state index in [1.165, 1.54) is 19.3 Å². The molecule has 9 heteroatoms. The highest BCUT2D eigenvalue weighted by Gasteiger charge is 2.31. The molecule has 0 aliphatic rings. The Morgan fingerprint density at radius 3 is 2.44 bits per heavy atom. The fourth-order valence-corrected chi connectivity index (χ4v) is 2.53. The van der Waals surface area contributed by atoms with Crippen LogP contribution in [0.2, 0.25) is 0 Å². The molecule has 0 aliphatic heterocycles. The standard InChI is InChI=1S/C18H20F3N5O/c1-5-15-16(22-4)23-9-24-17(15)25-10(2)12-6-13(18(19,20)21)8-14(7-12)26-11(3)27/h5-10H,1H2,2-4H3,(H,26,27)(H2,22,23,24,25)/t10-/m1/s1. The summed E-state index contributed by atoms with van der Waals surface area (Å²) in [5.41, 5.74) is 0.164. The molecular weight excluding hydrogens is 359 g/mol. The monoisotopic (exact) mass is 379 g/mol. The van der Waals surface area contributed by atoms with Crippen LogP contribution in [0.5, 0.6) is 0 Å². The van der Waals surface area contributed by atoms with E-state index in [1.807, 2.05) is 0 Å². The summed E-state index contributed by atoms with van der Waals surface area (Å²) in [6.07, 6.45) is -1.65. The first-order valence-electron chi connectivity index (χ1n) is 8.07. The van der Waals surface area contributed by atoms with Crippen LogP contribution in [0.25, 0.3) is 6.08 Å². The van der Waals surface area contributed by atoms with Gasteiger partial charge in [-0.2, -0.15) is 13.2 Å². The second-order valence-corrected chi connectivity index (χ2v) is 5.83. The minimum atomic E-state index is -4.54. The van der Waals surface area contributed by atoms with Crippen LogP contribution in [-0.2, 0) is 11.0 Å². The zero-order valence-corrected chi connectivity index (χ0v) is 15.1. The normalized spacial score (nSPS) is 12.2. The largest absolute Gasteiger partial charge is 0.416 e. The van der Waals surface area contributed by atoms with E-state index in [9.17, 15) is 18.0 Å². The van der Waals surface area contributed by atoms with Crippen LogP contribution in [0.15, 0.2) is 31.1 Å². The minimum absolute atomic E-state index is 0.0727. The molecule has 0 spiro atoms. The number of alkyl halides is 3. The van der Waals surface area contributed by atoms with Crippen molar-refractivity contribution in [2.24, 2.45) is 0 Å². The third-order valence-electron chi connectivity index (χ3n) is 3.78. The fourth-order valence-electron chi connectivity index (χ4n) is 2.53. The molecule has 2 rings (SSSR count). The molecule has 1 heterocycles. The molecule has 1 aromatic heterocycles. The van der Waals surface area contributed by atoms with E-state index in [1.54, 1.807) is 20.0 Å². The van der Waals surface area contributed by atoms with Gasteiger partial charge in [0.2, 0.25) is 5.91 Å². The molecule has 1 atom stereocenters. The lowest BCUT2D eigenvalue weighted by Gasteiger charge is -2.20. The number of benzene rings is 1. The van der Waals surface area contributed by atoms with Crippen molar-refractivity contribution in [3.05, 3.63) is 47.8 Å². The third kappa shape index (κ3) is 4.96. The van der Waals surface area contributed by atoms with Gasteiger partial charge in [-0.05, 0) is 30.7 Å². The van der Waals surface area contributed by atoms with E-state index in [-0.39, 0.29) is 5.69 Å². The van der Waals surface area contributed by atoms with Crippen LogP contribution in [0.3, 0.4) is 0 Å². The van der Waals surface area contributed by atoms with Gasteiger partial charge in [0.1, 0.15) is 18.0 Å². The number of rotatable bonds is 6. The number of nitrogens with zero attached hydrogens (tertiary/aromatic N) is 2. The van der Waals surface area contributed by atoms with Gasteiger partial charge in [-0.15, -0.1) is 0 Å². The summed E-state index contributed by atoms with van der Waals surface area (Å²) in [6, 6.07) is 2.90. The highest BCUT2D eigenvalue weighted by Crippen LogP contribution is 2.34. The lowest BCUT2D eigenvalue weighted by molar-refractivity contribution is -0.137. The number of nitrogens with one attached hydrogen (secondary N) is 3. The van der Waals surface area contributed by atoms with Gasteiger partial charge >= 0.3 is 6.18 Å². The van der Waals surface area contributed by atoms with Crippen molar-refractivity contribution >= 4 is 29.3 Å². The van der Waals surface area contributed by atoms with Crippen LogP contribution in [0.1, 0.15) is 36.6 Å². The molecule has 27 heavy (non-hydrogen) atoms. The van der Waals surface area contributed by atoms with Gasteiger partial charge in [-0.3, -0.25) is 4.79 Å². The van der Waals surface area contributed by atoms with Gasteiger partial charge in [0, 0.05) is 19.7 Å². The number of halogens is 3. The van der Waals surface area contributed by atoms with Crippen LogP contribution >= 0.6 is 0 Å². The van der Waals surface area contributed by atoms with Gasteiger partial charge in [0.15, 0.2) is 0 Å². The number of aromatic nitrogens is 2. The second-order valence-electron chi connectivity index (χ2n) is 5.83. The van der Waals surface area contributed by atoms with Crippen LogP contribution in [-0.4, -0.2) is 22.9 Å². The maximum atomic E-state index is 13.2. The lowest BCUT2D eigenvalue weighted by Crippen LogP contribution is -2.14. The van der Waals surface area contributed by atoms with E-state index in [0.29, 0.717) is 22.8 Å². The van der Waals surface area contributed by atoms with Crippen molar-refractivity contribution in [1.82, 2.24) is 9.97 Å². The topological polar surface area (TPSA) is 78.9 Å². The molecule has 0 saturated carbocycles. The Balaban J connectivity index is 2.42. The molecule has 0 saturated heterocycles. The van der Waals surface area contributed by atoms with Crippen molar-refractivity contribution in [3.8, 4) is 0 Å². The lowest BCUT2D eigenvalue weighted by atomic mass is 10.0. The van der Waals surface area contributed by atoms with Crippen molar-refractivity contribution in [2.45, 2.75) is 26.1 Å². The minimum Gasteiger partial charge on any atom is -0.372 e. The molecule has 0 fully saturated rings. The number of amides is 1. The summed E-state index contributed by atoms with van der Waals surface area (Å²) in [6.45, 7) is 6.65. The Bertz CT molecular complexity index is 851. The first kappa shape index (κ1) is 20.2. The molecule has 0 unspecified atom stereocenters. The molecule has 6 nitrogen and oxygen atoms in total. The van der Waals surface area contributed by atoms with E-state index in [0.717, 1.165) is 12.1 Å². The average Bonchev–Trinajstić information content (AvgIpc) is 2.59. The van der Waals surface area contributed by atoms with Crippen molar-refractivity contribution < 1.29 is 18.0 Å². The highest BCUT2D eigenvalue weighted by molar-refractivity contribution is 5.89. The molecule has 0 aliphatic carbocycles. The molecular formula is C18H20F3N5O. The van der Waals surface area contributed by atoms with E-state index < -0.39 is 23.7 Å². The summed E-state index contributed by atoms with van der Waals surface area (Å²) in [7, 11) is 1.69. The quantitative estimate of drug-likeness (QED) is 0.697. The van der Waals surface area contributed by atoms with Gasteiger partial charge in [-0.1, -0.05) is 12.7 Å². The van der Waals surface area contributed by atoms with E-state index in [4.69, 9.17) is 0 Å². The van der Waals surface area contributed by atoms with Gasteiger partial charge in [-0.25, -0.2) is 9.97 Å². The van der Waals surface area contributed by atoms with Crippen molar-refractivity contribution in [2.75, 3.05) is 23.0 Å². The van der Waals surface area contributed by atoms with Crippen molar-refractivity contribution in [1.29, 1.82) is 0 Å². The molecule has 1 amide bonds. The first-order valence-corrected chi connectivity index (χ1v) is 8.07. The predicted octanol–water partition coefficient (Wildman–Crippen LogP) is 4.31. The van der Waals surface area contributed by atoms with Gasteiger partial charge in [0.25, 0.3) is 0 Å². The maximum Gasteiger partial charge on any atom is 0.416 e. The molecule has 0 radical (unpaired) electrons. The number of anilines is 3. The molecule has 144 valence electrons. The predicted molar refractivity (Wildman–Crippen MR) is 99.5 cm³/mol. The summed E-state index contributed by atoms with van der Waals surface area (Å²) >= 11 is 0. The summed E-state index contributed by atoms with van der Waals surface area (Å²) < 4.78 is 39.7. The zero-order chi connectivity index (χ0) is 20.2. The van der Waals surface area contributed by atoms with Crippen molar-refractivity contribution in [3.63, 3.8) is 0 Å². The summed E-state index contributed by atoms with van der Waals surface area (Å²) in [5.74, 6) is 0.511. The molecule has 3 N–H and O–H groups in total. The highest BCUT2D eigenvalue weighted by atomic mass is 19.4. The Hall–Kier alpha value is -3.10. The molecule has 0 bridgehead atoms. The maximum absolute atomic E-state index is 13.2. The van der Waals surface area contributed by atoms with Gasteiger partial charge < -0.3 is 16.0 Å². The van der Waals surface area contributed by atoms with Crippen LogP contribution in [0, 0.1) is 0 Å². The van der Waals surface area contributed by atoms with Crippen LogP contribution < -0.4 is 16.0 Å². The Morgan fingerprint density at radius 2 is 1.89 bits per heavy atom. The van der Waals surface area contributed by atoms with E-state index in [2.05, 4.69) is 32.5 Å².